The first-order valence-corrected chi connectivity index (χ1v) is 9.78. The molecule has 0 aliphatic rings. The second-order valence-corrected chi connectivity index (χ2v) is 6.91. The van der Waals surface area contributed by atoms with Gasteiger partial charge in [-0.2, -0.15) is 10.1 Å². The molecule has 1 amide bonds. The number of esters is 2. The third-order valence-electron chi connectivity index (χ3n) is 4.14. The van der Waals surface area contributed by atoms with Crippen molar-refractivity contribution >= 4 is 39.4 Å². The predicted octanol–water partition coefficient (Wildman–Crippen LogP) is 2.01. The number of hydrogen-bond acceptors (Lipinski definition) is 7. The van der Waals surface area contributed by atoms with Crippen LogP contribution in [-0.2, 0) is 27.4 Å². The molecule has 0 saturated heterocycles. The molecule has 0 unspecified atom stereocenters. The van der Waals surface area contributed by atoms with Crippen molar-refractivity contribution in [3.63, 3.8) is 0 Å². The molecular weight excluding hydrogens is 396 g/mol. The van der Waals surface area contributed by atoms with E-state index in [1.54, 1.807) is 40.4 Å². The molecule has 2 aromatic heterocycles. The number of thiazole rings is 1. The quantitative estimate of drug-likeness (QED) is 0.569. The molecule has 0 aliphatic heterocycles. The zero-order valence-corrected chi connectivity index (χ0v) is 17.1. The number of carbonyl (C=O) groups excluding carboxylic acids is 3. The summed E-state index contributed by atoms with van der Waals surface area (Å²) in [7, 11) is 1.29. The monoisotopic (exact) mass is 416 g/mol. The zero-order chi connectivity index (χ0) is 21.0. The van der Waals surface area contributed by atoms with E-state index in [1.807, 2.05) is 6.92 Å². The number of ether oxygens (including phenoxy) is 2. The number of aromatic nitrogens is 3. The maximum absolute atomic E-state index is 12.7. The molecule has 0 N–H and O–H groups in total. The highest BCUT2D eigenvalue weighted by Gasteiger charge is 2.16. The van der Waals surface area contributed by atoms with Crippen LogP contribution in [0.2, 0.25) is 0 Å². The summed E-state index contributed by atoms with van der Waals surface area (Å²) in [6, 6.07) is 6.55. The molecule has 3 aromatic rings. The van der Waals surface area contributed by atoms with Gasteiger partial charge in [-0.05, 0) is 38.1 Å². The Morgan fingerprint density at radius 3 is 2.69 bits per heavy atom. The summed E-state index contributed by atoms with van der Waals surface area (Å²) < 4.78 is 13.6. The topological polar surface area (TPSA) is 105 Å². The van der Waals surface area contributed by atoms with Crippen molar-refractivity contribution in [3.8, 4) is 0 Å². The summed E-state index contributed by atoms with van der Waals surface area (Å²) in [5.74, 6) is -1.39. The first-order chi connectivity index (χ1) is 14.0. The molecule has 1 aromatic carbocycles. The molecular formula is C19H20N4O5S. The van der Waals surface area contributed by atoms with Crippen LogP contribution in [0.25, 0.3) is 10.2 Å². The van der Waals surface area contributed by atoms with Crippen molar-refractivity contribution in [3.05, 3.63) is 46.5 Å². The number of rotatable bonds is 6. The molecule has 0 atom stereocenters. The van der Waals surface area contributed by atoms with Crippen LogP contribution in [0.4, 0.5) is 0 Å². The van der Waals surface area contributed by atoms with Crippen molar-refractivity contribution in [2.24, 2.45) is 4.99 Å². The Morgan fingerprint density at radius 1 is 1.21 bits per heavy atom. The summed E-state index contributed by atoms with van der Waals surface area (Å²) in [5.41, 5.74) is 1.39. The molecule has 9 nitrogen and oxygen atoms in total. The van der Waals surface area contributed by atoms with Gasteiger partial charge in [0.15, 0.2) is 4.80 Å². The molecule has 3 rings (SSSR count). The van der Waals surface area contributed by atoms with E-state index in [9.17, 15) is 14.4 Å². The lowest BCUT2D eigenvalue weighted by Crippen LogP contribution is -2.23. The van der Waals surface area contributed by atoms with E-state index in [0.717, 1.165) is 0 Å². The number of aryl methyl sites for hydroxylation is 1. The number of hydrogen-bond donors (Lipinski definition) is 0. The first-order valence-electron chi connectivity index (χ1n) is 8.96. The van der Waals surface area contributed by atoms with E-state index >= 15 is 0 Å². The molecule has 0 spiro atoms. The van der Waals surface area contributed by atoms with Crippen molar-refractivity contribution in [2.75, 3.05) is 13.7 Å². The van der Waals surface area contributed by atoms with Gasteiger partial charge in [0.2, 0.25) is 0 Å². The van der Waals surface area contributed by atoms with Gasteiger partial charge in [0, 0.05) is 12.7 Å². The van der Waals surface area contributed by atoms with Gasteiger partial charge in [0.25, 0.3) is 5.91 Å². The minimum Gasteiger partial charge on any atom is -0.468 e. The lowest BCUT2D eigenvalue weighted by molar-refractivity contribution is -0.141. The minimum atomic E-state index is -0.480. The normalized spacial score (nSPS) is 11.6. The summed E-state index contributed by atoms with van der Waals surface area (Å²) in [4.78, 5) is 41.1. The highest BCUT2D eigenvalue weighted by molar-refractivity contribution is 7.16. The van der Waals surface area contributed by atoms with E-state index in [0.29, 0.717) is 32.8 Å². The smallest absolute Gasteiger partial charge is 0.338 e. The first kappa shape index (κ1) is 20.5. The van der Waals surface area contributed by atoms with Gasteiger partial charge in [-0.3, -0.25) is 14.3 Å². The fourth-order valence-electron chi connectivity index (χ4n) is 2.76. The number of nitrogens with zero attached hydrogens (tertiary/aromatic N) is 4. The van der Waals surface area contributed by atoms with Crippen LogP contribution in [0.5, 0.6) is 0 Å². The molecule has 0 bridgehead atoms. The summed E-state index contributed by atoms with van der Waals surface area (Å²) in [6.07, 6.45) is 1.53. The van der Waals surface area contributed by atoms with Gasteiger partial charge in [-0.1, -0.05) is 11.3 Å². The number of carbonyl (C=O) groups is 3. The number of benzene rings is 1. The standard InChI is InChI=1S/C19H20N4O5S/c1-4-23-14(8-9-20-23)17(25)21-19-22(11-16(24)27-3)13-7-6-12(10-15(13)29-19)18(26)28-5-2/h6-10H,4-5,11H2,1-3H3. The van der Waals surface area contributed by atoms with Gasteiger partial charge in [-0.15, -0.1) is 0 Å². The Labute approximate surface area is 170 Å². The molecule has 0 aliphatic carbocycles. The second kappa shape index (κ2) is 8.82. The van der Waals surface area contributed by atoms with Gasteiger partial charge in [0.05, 0.1) is 29.5 Å². The lowest BCUT2D eigenvalue weighted by atomic mass is 10.2. The Hall–Kier alpha value is -3.27. The number of amides is 1. The molecule has 152 valence electrons. The Balaban J connectivity index is 2.13. The van der Waals surface area contributed by atoms with Crippen LogP contribution in [-0.4, -0.2) is 45.9 Å². The van der Waals surface area contributed by atoms with Crippen LogP contribution in [0.1, 0.15) is 34.7 Å². The fraction of sp³-hybridized carbons (Fsp3) is 0.316. The minimum absolute atomic E-state index is 0.117. The third kappa shape index (κ3) is 4.27. The predicted molar refractivity (Wildman–Crippen MR) is 106 cm³/mol. The Morgan fingerprint density at radius 2 is 2.00 bits per heavy atom. The average molecular weight is 416 g/mol. The molecule has 0 fully saturated rings. The van der Waals surface area contributed by atoms with Gasteiger partial charge in [0.1, 0.15) is 12.2 Å². The van der Waals surface area contributed by atoms with Crippen LogP contribution < -0.4 is 4.80 Å². The molecule has 0 radical (unpaired) electrons. The Bertz CT molecular complexity index is 1140. The lowest BCUT2D eigenvalue weighted by Gasteiger charge is -2.05. The van der Waals surface area contributed by atoms with E-state index in [4.69, 9.17) is 9.47 Å². The summed E-state index contributed by atoms with van der Waals surface area (Å²) in [5, 5.41) is 4.08. The highest BCUT2D eigenvalue weighted by Crippen LogP contribution is 2.20. The van der Waals surface area contributed by atoms with Gasteiger partial charge < -0.3 is 14.0 Å². The third-order valence-corrected chi connectivity index (χ3v) is 5.18. The van der Waals surface area contributed by atoms with Crippen molar-refractivity contribution < 1.29 is 23.9 Å². The van der Waals surface area contributed by atoms with Crippen LogP contribution in [0.3, 0.4) is 0 Å². The van der Waals surface area contributed by atoms with Crippen LogP contribution in [0, 0.1) is 0 Å². The average Bonchev–Trinajstić information content (AvgIpc) is 3.32. The van der Waals surface area contributed by atoms with E-state index in [2.05, 4.69) is 10.1 Å². The van der Waals surface area contributed by atoms with Crippen LogP contribution in [0.15, 0.2) is 35.5 Å². The van der Waals surface area contributed by atoms with E-state index in [-0.39, 0.29) is 13.2 Å². The highest BCUT2D eigenvalue weighted by atomic mass is 32.1. The summed E-state index contributed by atoms with van der Waals surface area (Å²) in [6.45, 7) is 4.28. The molecule has 0 saturated carbocycles. The second-order valence-electron chi connectivity index (χ2n) is 5.90. The van der Waals surface area contributed by atoms with Crippen molar-refractivity contribution in [1.29, 1.82) is 0 Å². The zero-order valence-electron chi connectivity index (χ0n) is 16.2. The van der Waals surface area contributed by atoms with Crippen molar-refractivity contribution in [2.45, 2.75) is 26.9 Å². The van der Waals surface area contributed by atoms with Crippen molar-refractivity contribution in [1.82, 2.24) is 14.3 Å². The maximum Gasteiger partial charge on any atom is 0.338 e. The molecule has 29 heavy (non-hydrogen) atoms. The number of fused-ring (bicyclic) bond motifs is 1. The SMILES string of the molecule is CCOC(=O)c1ccc2c(c1)sc(=NC(=O)c1ccnn1CC)n2CC(=O)OC. The van der Waals surface area contributed by atoms with Gasteiger partial charge >= 0.3 is 11.9 Å². The fourth-order valence-corrected chi connectivity index (χ4v) is 3.82. The number of methoxy groups -OCH3 is 1. The van der Waals surface area contributed by atoms with Crippen LogP contribution >= 0.6 is 11.3 Å². The molecule has 2 heterocycles. The van der Waals surface area contributed by atoms with Gasteiger partial charge in [-0.25, -0.2) is 4.79 Å². The maximum atomic E-state index is 12.7. The molecule has 10 heteroatoms. The van der Waals surface area contributed by atoms with E-state index < -0.39 is 17.8 Å². The largest absolute Gasteiger partial charge is 0.468 e. The Kier molecular flexibility index (Phi) is 6.23. The summed E-state index contributed by atoms with van der Waals surface area (Å²) >= 11 is 1.20. The van der Waals surface area contributed by atoms with E-state index in [1.165, 1.54) is 24.6 Å².